The summed E-state index contributed by atoms with van der Waals surface area (Å²) in [5.41, 5.74) is 10.0. The predicted molar refractivity (Wildman–Crippen MR) is 76.2 cm³/mol. The molecule has 1 saturated heterocycles. The number of nitrogens with zero attached hydrogens (tertiary/aromatic N) is 4. The maximum Gasteiger partial charge on any atom is 0.182 e. The van der Waals surface area contributed by atoms with E-state index in [1.54, 1.807) is 0 Å². The quantitative estimate of drug-likeness (QED) is 0.845. The molecule has 1 aromatic carbocycles. The molecule has 2 heterocycles. The molecule has 1 aliphatic rings. The lowest BCUT2D eigenvalue weighted by Crippen LogP contribution is -2.21. The third kappa shape index (κ3) is 2.27. The van der Waals surface area contributed by atoms with Crippen LogP contribution in [0, 0.1) is 13.8 Å². The van der Waals surface area contributed by atoms with Crippen LogP contribution in [0.3, 0.4) is 0 Å². The van der Waals surface area contributed by atoms with Crippen molar-refractivity contribution >= 4 is 5.69 Å². The third-order valence-corrected chi connectivity index (χ3v) is 3.88. The molecule has 0 spiro atoms. The van der Waals surface area contributed by atoms with E-state index in [1.165, 1.54) is 0 Å². The smallest absolute Gasteiger partial charge is 0.182 e. The molecule has 0 bridgehead atoms. The van der Waals surface area contributed by atoms with Crippen LogP contribution in [0.2, 0.25) is 0 Å². The molecule has 1 fully saturated rings. The van der Waals surface area contributed by atoms with Crippen molar-refractivity contribution in [1.82, 2.24) is 20.2 Å². The molecular weight excluding hydrogens is 254 g/mol. The normalized spacial score (nSPS) is 16.5. The van der Waals surface area contributed by atoms with Gasteiger partial charge in [-0.3, -0.25) is 0 Å². The van der Waals surface area contributed by atoms with E-state index >= 15 is 0 Å². The zero-order chi connectivity index (χ0) is 14.1. The Balaban J connectivity index is 2.03. The number of anilines is 1. The number of aromatic nitrogens is 4. The van der Waals surface area contributed by atoms with Gasteiger partial charge < -0.3 is 10.5 Å². The Labute approximate surface area is 117 Å². The highest BCUT2D eigenvalue weighted by Gasteiger charge is 2.22. The fourth-order valence-corrected chi connectivity index (χ4v) is 2.66. The molecule has 0 aliphatic carbocycles. The summed E-state index contributed by atoms with van der Waals surface area (Å²) >= 11 is 0. The average molecular weight is 273 g/mol. The van der Waals surface area contributed by atoms with Crippen LogP contribution in [0.1, 0.15) is 30.0 Å². The van der Waals surface area contributed by atoms with Gasteiger partial charge in [0.05, 0.1) is 6.04 Å². The van der Waals surface area contributed by atoms with E-state index < -0.39 is 0 Å². The summed E-state index contributed by atoms with van der Waals surface area (Å²) in [6.45, 7) is 5.59. The number of rotatable bonds is 2. The molecule has 3 rings (SSSR count). The van der Waals surface area contributed by atoms with Crippen molar-refractivity contribution in [3.8, 4) is 11.4 Å². The maximum absolute atomic E-state index is 6.03. The van der Waals surface area contributed by atoms with Crippen LogP contribution in [-0.4, -0.2) is 33.4 Å². The van der Waals surface area contributed by atoms with Crippen molar-refractivity contribution in [2.24, 2.45) is 0 Å². The Morgan fingerprint density at radius 1 is 1.20 bits per heavy atom. The van der Waals surface area contributed by atoms with Crippen LogP contribution in [0.25, 0.3) is 11.4 Å². The van der Waals surface area contributed by atoms with Gasteiger partial charge in [0.25, 0.3) is 0 Å². The Kier molecular flexibility index (Phi) is 3.40. The molecule has 1 aliphatic heterocycles. The Hall–Kier alpha value is -1.95. The molecule has 6 nitrogen and oxygen atoms in total. The lowest BCUT2D eigenvalue weighted by molar-refractivity contribution is 0.0662. The standard InChI is InChI=1S/C14H19N5O/c1-9-7-10(2)13(15)8-12(9)14-16-17-18-19(14)11-3-5-20-6-4-11/h7-8,11H,3-6,15H2,1-2H3. The zero-order valence-electron chi connectivity index (χ0n) is 11.8. The first kappa shape index (κ1) is 13.1. The molecule has 0 atom stereocenters. The molecule has 1 aromatic heterocycles. The van der Waals surface area contributed by atoms with Crippen LogP contribution < -0.4 is 5.73 Å². The van der Waals surface area contributed by atoms with E-state index in [-0.39, 0.29) is 0 Å². The van der Waals surface area contributed by atoms with E-state index in [4.69, 9.17) is 10.5 Å². The van der Waals surface area contributed by atoms with Crippen molar-refractivity contribution < 1.29 is 4.74 Å². The minimum Gasteiger partial charge on any atom is -0.398 e. The number of tetrazole rings is 1. The van der Waals surface area contributed by atoms with Gasteiger partial charge in [0.2, 0.25) is 0 Å². The highest BCUT2D eigenvalue weighted by Crippen LogP contribution is 2.29. The van der Waals surface area contributed by atoms with Crippen molar-refractivity contribution in [3.63, 3.8) is 0 Å². The summed E-state index contributed by atoms with van der Waals surface area (Å²) < 4.78 is 7.32. The summed E-state index contributed by atoms with van der Waals surface area (Å²) in [5.74, 6) is 0.793. The van der Waals surface area contributed by atoms with Crippen LogP contribution in [0.5, 0.6) is 0 Å². The second-order valence-electron chi connectivity index (χ2n) is 5.31. The number of benzene rings is 1. The average Bonchev–Trinajstić information content (AvgIpc) is 2.93. The van der Waals surface area contributed by atoms with Gasteiger partial charge in [0.1, 0.15) is 0 Å². The van der Waals surface area contributed by atoms with Gasteiger partial charge in [-0.15, -0.1) is 5.10 Å². The fourth-order valence-electron chi connectivity index (χ4n) is 2.66. The van der Waals surface area contributed by atoms with Crippen molar-refractivity contribution in [2.75, 3.05) is 18.9 Å². The highest BCUT2D eigenvalue weighted by molar-refractivity contribution is 5.67. The van der Waals surface area contributed by atoms with Gasteiger partial charge in [-0.25, -0.2) is 4.68 Å². The molecule has 2 aromatic rings. The summed E-state index contributed by atoms with van der Waals surface area (Å²) in [7, 11) is 0. The van der Waals surface area contributed by atoms with Gasteiger partial charge in [-0.1, -0.05) is 6.07 Å². The van der Waals surface area contributed by atoms with Crippen molar-refractivity contribution in [1.29, 1.82) is 0 Å². The van der Waals surface area contributed by atoms with E-state index in [0.29, 0.717) is 6.04 Å². The summed E-state index contributed by atoms with van der Waals surface area (Å²) in [6, 6.07) is 4.34. The first-order chi connectivity index (χ1) is 9.66. The topological polar surface area (TPSA) is 78.8 Å². The van der Waals surface area contributed by atoms with E-state index in [1.807, 2.05) is 17.7 Å². The van der Waals surface area contributed by atoms with E-state index in [9.17, 15) is 0 Å². The van der Waals surface area contributed by atoms with Gasteiger partial charge in [-0.2, -0.15) is 0 Å². The van der Waals surface area contributed by atoms with Crippen molar-refractivity contribution in [3.05, 3.63) is 23.3 Å². The zero-order valence-corrected chi connectivity index (χ0v) is 11.8. The molecule has 0 unspecified atom stereocenters. The molecule has 6 heteroatoms. The second-order valence-corrected chi connectivity index (χ2v) is 5.31. The van der Waals surface area contributed by atoms with Crippen LogP contribution in [0.15, 0.2) is 12.1 Å². The van der Waals surface area contributed by atoms with Gasteiger partial charge >= 0.3 is 0 Å². The minimum absolute atomic E-state index is 0.302. The molecule has 106 valence electrons. The second kappa shape index (κ2) is 5.20. The number of ether oxygens (including phenoxy) is 1. The summed E-state index contributed by atoms with van der Waals surface area (Å²) in [4.78, 5) is 0. The van der Waals surface area contributed by atoms with Gasteiger partial charge in [0, 0.05) is 24.5 Å². The van der Waals surface area contributed by atoms with Crippen LogP contribution in [-0.2, 0) is 4.74 Å². The number of hydrogen-bond donors (Lipinski definition) is 1. The lowest BCUT2D eigenvalue weighted by Gasteiger charge is -2.23. The van der Waals surface area contributed by atoms with Crippen molar-refractivity contribution in [2.45, 2.75) is 32.7 Å². The van der Waals surface area contributed by atoms with E-state index in [0.717, 1.165) is 54.3 Å². The van der Waals surface area contributed by atoms with Gasteiger partial charge in [-0.05, 0) is 54.3 Å². The Morgan fingerprint density at radius 3 is 2.70 bits per heavy atom. The minimum atomic E-state index is 0.302. The monoisotopic (exact) mass is 273 g/mol. The number of hydrogen-bond acceptors (Lipinski definition) is 5. The summed E-state index contributed by atoms with van der Waals surface area (Å²) in [5, 5.41) is 12.2. The SMILES string of the molecule is Cc1cc(C)c(-c2nnnn2C2CCOCC2)cc1N. The first-order valence-corrected chi connectivity index (χ1v) is 6.89. The van der Waals surface area contributed by atoms with Crippen LogP contribution in [0.4, 0.5) is 5.69 Å². The van der Waals surface area contributed by atoms with Gasteiger partial charge in [0.15, 0.2) is 5.82 Å². The Morgan fingerprint density at radius 2 is 1.95 bits per heavy atom. The molecule has 20 heavy (non-hydrogen) atoms. The largest absolute Gasteiger partial charge is 0.398 e. The number of nitrogens with two attached hydrogens (primary N) is 1. The number of aryl methyl sites for hydroxylation is 2. The summed E-state index contributed by atoms with van der Waals surface area (Å²) in [6.07, 6.45) is 1.89. The third-order valence-electron chi connectivity index (χ3n) is 3.88. The highest BCUT2D eigenvalue weighted by atomic mass is 16.5. The Bertz CT molecular complexity index is 616. The fraction of sp³-hybridized carbons (Fsp3) is 0.500. The molecule has 2 N–H and O–H groups in total. The molecule has 0 saturated carbocycles. The molecular formula is C14H19N5O. The maximum atomic E-state index is 6.03. The lowest BCUT2D eigenvalue weighted by atomic mass is 10.0. The first-order valence-electron chi connectivity index (χ1n) is 6.89. The number of nitrogen functional groups attached to an aromatic ring is 1. The predicted octanol–water partition coefficient (Wildman–Crippen LogP) is 1.89. The molecule has 0 radical (unpaired) electrons. The molecule has 0 amide bonds. The van der Waals surface area contributed by atoms with E-state index in [2.05, 4.69) is 28.5 Å². The van der Waals surface area contributed by atoms with Crippen LogP contribution >= 0.6 is 0 Å².